The average molecular weight is 330 g/mol. The van der Waals surface area contributed by atoms with Crippen LogP contribution in [0.15, 0.2) is 23.1 Å². The van der Waals surface area contributed by atoms with Crippen molar-refractivity contribution in [1.82, 2.24) is 5.32 Å². The standard InChI is InChI=1S/C15H20ClNO3S/c1-11-6-7-13(10-14(11)21(16,19)20)15(18)17-9-8-12-4-2-3-5-12/h6-7,10,12H,2-5,8-9H2,1H3,(H,17,18). The van der Waals surface area contributed by atoms with Crippen molar-refractivity contribution in [2.75, 3.05) is 6.54 Å². The Kier molecular flexibility index (Phi) is 5.27. The lowest BCUT2D eigenvalue weighted by Gasteiger charge is -2.10. The Bertz CT molecular complexity index is 622. The molecule has 2 rings (SSSR count). The molecule has 1 N–H and O–H groups in total. The minimum absolute atomic E-state index is 0.00684. The van der Waals surface area contributed by atoms with Crippen LogP contribution in [0.1, 0.15) is 48.0 Å². The molecule has 0 unspecified atom stereocenters. The van der Waals surface area contributed by atoms with E-state index in [9.17, 15) is 13.2 Å². The summed E-state index contributed by atoms with van der Waals surface area (Å²) in [6.45, 7) is 2.28. The summed E-state index contributed by atoms with van der Waals surface area (Å²) in [5, 5.41) is 2.85. The molecule has 116 valence electrons. The van der Waals surface area contributed by atoms with Gasteiger partial charge in [-0.2, -0.15) is 0 Å². The molecule has 0 radical (unpaired) electrons. The maximum atomic E-state index is 12.1. The maximum absolute atomic E-state index is 12.1. The second-order valence-electron chi connectivity index (χ2n) is 5.61. The van der Waals surface area contributed by atoms with Gasteiger partial charge in [-0.25, -0.2) is 8.42 Å². The van der Waals surface area contributed by atoms with Gasteiger partial charge in [0, 0.05) is 22.8 Å². The summed E-state index contributed by atoms with van der Waals surface area (Å²) in [5.74, 6) is 0.455. The van der Waals surface area contributed by atoms with Crippen molar-refractivity contribution in [3.63, 3.8) is 0 Å². The highest BCUT2D eigenvalue weighted by molar-refractivity contribution is 8.13. The third-order valence-corrected chi connectivity index (χ3v) is 5.49. The van der Waals surface area contributed by atoms with E-state index in [4.69, 9.17) is 10.7 Å². The molecule has 1 aromatic carbocycles. The average Bonchev–Trinajstić information content (AvgIpc) is 2.91. The molecule has 6 heteroatoms. The van der Waals surface area contributed by atoms with E-state index in [1.54, 1.807) is 19.1 Å². The zero-order valence-electron chi connectivity index (χ0n) is 12.1. The van der Waals surface area contributed by atoms with Crippen LogP contribution in [-0.4, -0.2) is 20.9 Å². The monoisotopic (exact) mass is 329 g/mol. The quantitative estimate of drug-likeness (QED) is 0.843. The van der Waals surface area contributed by atoms with E-state index < -0.39 is 9.05 Å². The molecule has 0 bridgehead atoms. The third kappa shape index (κ3) is 4.45. The molecule has 0 aliphatic heterocycles. The molecule has 4 nitrogen and oxygen atoms in total. The van der Waals surface area contributed by atoms with Crippen molar-refractivity contribution in [3.8, 4) is 0 Å². The molecule has 0 heterocycles. The Morgan fingerprint density at radius 3 is 2.62 bits per heavy atom. The molecule has 1 aromatic rings. The first-order valence-electron chi connectivity index (χ1n) is 7.21. The van der Waals surface area contributed by atoms with Crippen LogP contribution in [-0.2, 0) is 9.05 Å². The van der Waals surface area contributed by atoms with Gasteiger partial charge in [0.2, 0.25) is 0 Å². The number of benzene rings is 1. The first kappa shape index (κ1) is 16.3. The van der Waals surface area contributed by atoms with Crippen LogP contribution in [0.2, 0.25) is 0 Å². The SMILES string of the molecule is Cc1ccc(C(=O)NCCC2CCCC2)cc1S(=O)(=O)Cl. The number of carbonyl (C=O) groups is 1. The fraction of sp³-hybridized carbons (Fsp3) is 0.533. The predicted octanol–water partition coefficient (Wildman–Crippen LogP) is 3.23. The lowest BCUT2D eigenvalue weighted by Crippen LogP contribution is -2.25. The minimum Gasteiger partial charge on any atom is -0.352 e. The fourth-order valence-corrected chi connectivity index (χ4v) is 4.01. The molecule has 0 aromatic heterocycles. The van der Waals surface area contributed by atoms with Crippen LogP contribution in [0, 0.1) is 12.8 Å². The number of amides is 1. The van der Waals surface area contributed by atoms with Crippen molar-refractivity contribution < 1.29 is 13.2 Å². The largest absolute Gasteiger partial charge is 0.352 e. The van der Waals surface area contributed by atoms with E-state index in [0.717, 1.165) is 6.42 Å². The van der Waals surface area contributed by atoms with E-state index in [2.05, 4.69) is 5.32 Å². The fourth-order valence-electron chi connectivity index (χ4n) is 2.79. The van der Waals surface area contributed by atoms with Crippen LogP contribution < -0.4 is 5.32 Å². The minimum atomic E-state index is -3.83. The van der Waals surface area contributed by atoms with E-state index in [1.165, 1.54) is 31.7 Å². The summed E-state index contributed by atoms with van der Waals surface area (Å²) in [6.07, 6.45) is 6.05. The number of halogens is 1. The van der Waals surface area contributed by atoms with Gasteiger partial charge in [-0.15, -0.1) is 0 Å². The van der Waals surface area contributed by atoms with Crippen LogP contribution >= 0.6 is 10.7 Å². The van der Waals surface area contributed by atoms with Crippen LogP contribution in [0.5, 0.6) is 0 Å². The molecule has 1 aliphatic carbocycles. The van der Waals surface area contributed by atoms with Gasteiger partial charge in [-0.1, -0.05) is 31.7 Å². The number of hydrogen-bond donors (Lipinski definition) is 1. The molecule has 1 amide bonds. The summed E-state index contributed by atoms with van der Waals surface area (Å²) >= 11 is 0. The summed E-state index contributed by atoms with van der Waals surface area (Å²) in [5.41, 5.74) is 0.860. The molecule has 1 aliphatic rings. The van der Waals surface area contributed by atoms with E-state index in [-0.39, 0.29) is 10.8 Å². The third-order valence-electron chi connectivity index (χ3n) is 4.03. The molecule has 0 saturated heterocycles. The zero-order chi connectivity index (χ0) is 15.5. The summed E-state index contributed by atoms with van der Waals surface area (Å²) in [4.78, 5) is 12.1. The first-order valence-corrected chi connectivity index (χ1v) is 9.52. The Morgan fingerprint density at radius 2 is 2.00 bits per heavy atom. The second kappa shape index (κ2) is 6.79. The molecule has 1 fully saturated rings. The van der Waals surface area contributed by atoms with E-state index in [0.29, 0.717) is 23.6 Å². The van der Waals surface area contributed by atoms with Crippen LogP contribution in [0.4, 0.5) is 0 Å². The number of aryl methyl sites for hydroxylation is 1. The topological polar surface area (TPSA) is 63.2 Å². The molecular weight excluding hydrogens is 310 g/mol. The van der Waals surface area contributed by atoms with Gasteiger partial charge < -0.3 is 5.32 Å². The van der Waals surface area contributed by atoms with E-state index >= 15 is 0 Å². The van der Waals surface area contributed by atoms with Crippen molar-refractivity contribution in [3.05, 3.63) is 29.3 Å². The summed E-state index contributed by atoms with van der Waals surface area (Å²) in [6, 6.07) is 4.55. The van der Waals surface area contributed by atoms with Gasteiger partial charge in [0.25, 0.3) is 15.0 Å². The maximum Gasteiger partial charge on any atom is 0.261 e. The lowest BCUT2D eigenvalue weighted by atomic mass is 10.0. The van der Waals surface area contributed by atoms with Gasteiger partial charge in [0.15, 0.2) is 0 Å². The van der Waals surface area contributed by atoms with Crippen LogP contribution in [0.3, 0.4) is 0 Å². The number of carbonyl (C=O) groups excluding carboxylic acids is 1. The molecule has 0 spiro atoms. The Hall–Kier alpha value is -1.07. The molecular formula is C15H20ClNO3S. The van der Waals surface area contributed by atoms with Gasteiger partial charge in [-0.3, -0.25) is 4.79 Å². The zero-order valence-corrected chi connectivity index (χ0v) is 13.6. The van der Waals surface area contributed by atoms with Gasteiger partial charge in [0.1, 0.15) is 0 Å². The Morgan fingerprint density at radius 1 is 1.33 bits per heavy atom. The lowest BCUT2D eigenvalue weighted by molar-refractivity contribution is 0.0951. The molecule has 21 heavy (non-hydrogen) atoms. The van der Waals surface area contributed by atoms with Gasteiger partial charge in [-0.05, 0) is 37.0 Å². The van der Waals surface area contributed by atoms with Crippen LogP contribution in [0.25, 0.3) is 0 Å². The highest BCUT2D eigenvalue weighted by Crippen LogP contribution is 2.27. The second-order valence-corrected chi connectivity index (χ2v) is 8.15. The molecule has 1 saturated carbocycles. The summed E-state index contributed by atoms with van der Waals surface area (Å²) < 4.78 is 22.9. The Labute approximate surface area is 130 Å². The molecule has 0 atom stereocenters. The van der Waals surface area contributed by atoms with Crippen molar-refractivity contribution in [2.24, 2.45) is 5.92 Å². The number of nitrogens with one attached hydrogen (secondary N) is 1. The number of rotatable bonds is 5. The van der Waals surface area contributed by atoms with Gasteiger partial charge >= 0.3 is 0 Å². The van der Waals surface area contributed by atoms with Crippen molar-refractivity contribution >= 4 is 25.6 Å². The first-order chi connectivity index (χ1) is 9.88. The van der Waals surface area contributed by atoms with Gasteiger partial charge in [0.05, 0.1) is 4.90 Å². The number of hydrogen-bond acceptors (Lipinski definition) is 3. The van der Waals surface area contributed by atoms with E-state index in [1.807, 2.05) is 0 Å². The summed E-state index contributed by atoms with van der Waals surface area (Å²) in [7, 11) is 1.54. The van der Waals surface area contributed by atoms with Crippen molar-refractivity contribution in [2.45, 2.75) is 43.9 Å². The Balaban J connectivity index is 1.99. The van der Waals surface area contributed by atoms with Crippen molar-refractivity contribution in [1.29, 1.82) is 0 Å². The normalized spacial score (nSPS) is 16.1. The highest BCUT2D eigenvalue weighted by Gasteiger charge is 2.17. The highest BCUT2D eigenvalue weighted by atomic mass is 35.7. The predicted molar refractivity (Wildman–Crippen MR) is 83.1 cm³/mol. The smallest absolute Gasteiger partial charge is 0.261 e.